The molecule has 1 aliphatic rings. The molecule has 1 rings (SSSR count). The zero-order valence-corrected chi connectivity index (χ0v) is 11.2. The van der Waals surface area contributed by atoms with E-state index in [4.69, 9.17) is 9.47 Å². The van der Waals surface area contributed by atoms with Crippen molar-refractivity contribution in [1.82, 2.24) is 5.32 Å². The zero-order valence-electron chi connectivity index (χ0n) is 11.2. The number of likely N-dealkylation sites (N-methyl/N-ethyl adjacent to an activating group) is 1. The minimum atomic E-state index is 0.342. The number of ether oxygens (including phenoxy) is 2. The molecule has 0 heterocycles. The van der Waals surface area contributed by atoms with Crippen molar-refractivity contribution in [2.75, 3.05) is 26.9 Å². The molecule has 0 saturated heterocycles. The van der Waals surface area contributed by atoms with Crippen LogP contribution in [0.2, 0.25) is 0 Å². The van der Waals surface area contributed by atoms with Crippen molar-refractivity contribution in [1.29, 1.82) is 0 Å². The molecule has 0 aromatic heterocycles. The quantitative estimate of drug-likeness (QED) is 0.708. The molecule has 2 unspecified atom stereocenters. The van der Waals surface area contributed by atoms with Gasteiger partial charge in [0.2, 0.25) is 0 Å². The second-order valence-electron chi connectivity index (χ2n) is 5.41. The normalized spacial score (nSPS) is 29.2. The minimum Gasteiger partial charge on any atom is -0.379 e. The summed E-state index contributed by atoms with van der Waals surface area (Å²) >= 11 is 0. The third kappa shape index (κ3) is 4.40. The Kier molecular flexibility index (Phi) is 5.73. The molecule has 0 aliphatic heterocycles. The molecule has 3 nitrogen and oxygen atoms in total. The maximum absolute atomic E-state index is 5.94. The van der Waals surface area contributed by atoms with Crippen molar-refractivity contribution < 1.29 is 9.47 Å². The van der Waals surface area contributed by atoms with E-state index in [-0.39, 0.29) is 0 Å². The Hall–Kier alpha value is -0.120. The first-order valence-electron chi connectivity index (χ1n) is 6.45. The smallest absolute Gasteiger partial charge is 0.0734 e. The van der Waals surface area contributed by atoms with Gasteiger partial charge in [0, 0.05) is 12.6 Å². The largest absolute Gasteiger partial charge is 0.379 e. The van der Waals surface area contributed by atoms with Gasteiger partial charge in [-0.1, -0.05) is 13.8 Å². The summed E-state index contributed by atoms with van der Waals surface area (Å²) in [5.41, 5.74) is 0.420. The molecule has 0 aromatic rings. The third-order valence-electron chi connectivity index (χ3n) is 3.47. The summed E-state index contributed by atoms with van der Waals surface area (Å²) in [7, 11) is 2.03. The van der Waals surface area contributed by atoms with E-state index in [0.717, 1.165) is 13.0 Å². The van der Waals surface area contributed by atoms with E-state index in [1.54, 1.807) is 0 Å². The fourth-order valence-corrected chi connectivity index (χ4v) is 2.43. The lowest BCUT2D eigenvalue weighted by molar-refractivity contribution is -0.0468. The SMILES string of the molecule is CCOCCOC1CC(C)(C)CCC1NC. The molecule has 0 bridgehead atoms. The van der Waals surface area contributed by atoms with E-state index < -0.39 is 0 Å². The lowest BCUT2D eigenvalue weighted by Crippen LogP contribution is -2.46. The summed E-state index contributed by atoms with van der Waals surface area (Å²) < 4.78 is 11.2. The van der Waals surface area contributed by atoms with Crippen LogP contribution in [0.1, 0.15) is 40.0 Å². The van der Waals surface area contributed by atoms with Gasteiger partial charge in [-0.2, -0.15) is 0 Å². The predicted molar refractivity (Wildman–Crippen MR) is 66.7 cm³/mol. The maximum atomic E-state index is 5.94. The Bertz CT molecular complexity index is 194. The van der Waals surface area contributed by atoms with Crippen molar-refractivity contribution in [3.8, 4) is 0 Å². The van der Waals surface area contributed by atoms with Gasteiger partial charge in [-0.3, -0.25) is 0 Å². The topological polar surface area (TPSA) is 30.5 Å². The van der Waals surface area contributed by atoms with Gasteiger partial charge in [-0.05, 0) is 38.6 Å². The summed E-state index contributed by atoms with van der Waals surface area (Å²) in [5, 5.41) is 3.37. The van der Waals surface area contributed by atoms with E-state index in [1.165, 1.54) is 12.8 Å². The second kappa shape index (κ2) is 6.58. The molecular formula is C13H27NO2. The highest BCUT2D eigenvalue weighted by atomic mass is 16.5. The molecule has 16 heavy (non-hydrogen) atoms. The zero-order chi connectivity index (χ0) is 12.0. The van der Waals surface area contributed by atoms with Crippen LogP contribution >= 0.6 is 0 Å². The first-order valence-corrected chi connectivity index (χ1v) is 6.45. The lowest BCUT2D eigenvalue weighted by atomic mass is 9.74. The summed E-state index contributed by atoms with van der Waals surface area (Å²) in [6.07, 6.45) is 3.98. The highest BCUT2D eigenvalue weighted by molar-refractivity contribution is 4.89. The third-order valence-corrected chi connectivity index (χ3v) is 3.47. The molecule has 1 N–H and O–H groups in total. The summed E-state index contributed by atoms with van der Waals surface area (Å²) in [6, 6.07) is 0.509. The number of nitrogens with one attached hydrogen (secondary N) is 1. The van der Waals surface area contributed by atoms with E-state index in [1.807, 2.05) is 14.0 Å². The predicted octanol–water partition coefficient (Wildman–Crippen LogP) is 2.21. The number of hydrogen-bond donors (Lipinski definition) is 1. The fraction of sp³-hybridized carbons (Fsp3) is 1.00. The van der Waals surface area contributed by atoms with Crippen molar-refractivity contribution >= 4 is 0 Å². The van der Waals surface area contributed by atoms with E-state index >= 15 is 0 Å². The van der Waals surface area contributed by atoms with E-state index in [0.29, 0.717) is 30.8 Å². The number of rotatable bonds is 6. The van der Waals surface area contributed by atoms with Crippen LogP contribution in [0.4, 0.5) is 0 Å². The van der Waals surface area contributed by atoms with Gasteiger partial charge in [-0.25, -0.2) is 0 Å². The summed E-state index contributed by atoms with van der Waals surface area (Å²) in [5.74, 6) is 0. The Balaban J connectivity index is 2.34. The van der Waals surface area contributed by atoms with Crippen LogP contribution in [0.15, 0.2) is 0 Å². The first kappa shape index (κ1) is 13.9. The molecule has 1 saturated carbocycles. The Morgan fingerprint density at radius 2 is 2.06 bits per heavy atom. The minimum absolute atomic E-state index is 0.342. The van der Waals surface area contributed by atoms with E-state index in [9.17, 15) is 0 Å². The van der Waals surface area contributed by atoms with Gasteiger partial charge in [0.15, 0.2) is 0 Å². The highest BCUT2D eigenvalue weighted by Gasteiger charge is 2.34. The molecular weight excluding hydrogens is 202 g/mol. The van der Waals surface area contributed by atoms with Crippen LogP contribution in [0.3, 0.4) is 0 Å². The molecule has 3 heteroatoms. The first-order chi connectivity index (χ1) is 7.59. The van der Waals surface area contributed by atoms with Crippen molar-refractivity contribution in [3.05, 3.63) is 0 Å². The number of hydrogen-bond acceptors (Lipinski definition) is 3. The molecule has 1 fully saturated rings. The van der Waals surface area contributed by atoms with Crippen molar-refractivity contribution in [3.63, 3.8) is 0 Å². The molecule has 1 aliphatic carbocycles. The van der Waals surface area contributed by atoms with Gasteiger partial charge >= 0.3 is 0 Å². The fourth-order valence-electron chi connectivity index (χ4n) is 2.43. The Morgan fingerprint density at radius 1 is 1.31 bits per heavy atom. The van der Waals surface area contributed by atoms with Gasteiger partial charge in [0.25, 0.3) is 0 Å². The summed E-state index contributed by atoms with van der Waals surface area (Å²) in [4.78, 5) is 0. The van der Waals surface area contributed by atoms with Crippen molar-refractivity contribution in [2.45, 2.75) is 52.2 Å². The van der Waals surface area contributed by atoms with E-state index in [2.05, 4.69) is 19.2 Å². The molecule has 0 amide bonds. The van der Waals surface area contributed by atoms with Crippen LogP contribution in [-0.4, -0.2) is 39.0 Å². The van der Waals surface area contributed by atoms with Crippen LogP contribution in [0, 0.1) is 5.41 Å². The standard InChI is InChI=1S/C13H27NO2/c1-5-15-8-9-16-12-10-13(2,3)7-6-11(12)14-4/h11-12,14H,5-10H2,1-4H3. The van der Waals surface area contributed by atoms with Crippen molar-refractivity contribution in [2.24, 2.45) is 5.41 Å². The molecule has 0 aromatic carbocycles. The Morgan fingerprint density at radius 3 is 2.69 bits per heavy atom. The average Bonchev–Trinajstić information content (AvgIpc) is 2.24. The molecule has 0 radical (unpaired) electrons. The second-order valence-corrected chi connectivity index (χ2v) is 5.41. The van der Waals surface area contributed by atoms with Gasteiger partial charge < -0.3 is 14.8 Å². The van der Waals surface area contributed by atoms with Crippen LogP contribution in [0.25, 0.3) is 0 Å². The van der Waals surface area contributed by atoms with Crippen LogP contribution in [0.5, 0.6) is 0 Å². The van der Waals surface area contributed by atoms with Gasteiger partial charge in [0.1, 0.15) is 0 Å². The molecule has 2 atom stereocenters. The molecule has 0 spiro atoms. The van der Waals surface area contributed by atoms with Gasteiger partial charge in [-0.15, -0.1) is 0 Å². The lowest BCUT2D eigenvalue weighted by Gasteiger charge is -2.40. The monoisotopic (exact) mass is 229 g/mol. The average molecular weight is 229 g/mol. The Labute approximate surface area is 99.9 Å². The highest BCUT2D eigenvalue weighted by Crippen LogP contribution is 2.36. The van der Waals surface area contributed by atoms with Gasteiger partial charge in [0.05, 0.1) is 19.3 Å². The van der Waals surface area contributed by atoms with Crippen LogP contribution < -0.4 is 5.32 Å². The maximum Gasteiger partial charge on any atom is 0.0734 e. The molecule has 96 valence electrons. The van der Waals surface area contributed by atoms with Crippen LogP contribution in [-0.2, 0) is 9.47 Å². The summed E-state index contributed by atoms with van der Waals surface area (Å²) in [6.45, 7) is 8.88.